The van der Waals surface area contributed by atoms with Gasteiger partial charge in [0.15, 0.2) is 0 Å². The predicted molar refractivity (Wildman–Crippen MR) is 68.7 cm³/mol. The fourth-order valence-electron chi connectivity index (χ4n) is 1.55. The molecule has 0 aliphatic heterocycles. The molecule has 0 heterocycles. The maximum atomic E-state index is 12.1. The molecule has 0 aromatic carbocycles. The molecule has 4 nitrogen and oxygen atoms in total. The lowest BCUT2D eigenvalue weighted by molar-refractivity contribution is 0.362. The molecular formula is C11H26N2O2S. The first-order chi connectivity index (χ1) is 7.29. The topological polar surface area (TPSA) is 63.4 Å². The highest BCUT2D eigenvalue weighted by Crippen LogP contribution is 2.10. The Labute approximate surface area is 100 Å². The minimum atomic E-state index is -3.11. The van der Waals surface area contributed by atoms with Crippen molar-refractivity contribution in [2.45, 2.75) is 34.1 Å². The summed E-state index contributed by atoms with van der Waals surface area (Å²) in [6.07, 6.45) is 0.726. The third kappa shape index (κ3) is 6.45. The fraction of sp³-hybridized carbons (Fsp3) is 1.00. The van der Waals surface area contributed by atoms with E-state index in [4.69, 9.17) is 5.73 Å². The van der Waals surface area contributed by atoms with Gasteiger partial charge in [0, 0.05) is 13.1 Å². The van der Waals surface area contributed by atoms with E-state index in [1.165, 1.54) is 0 Å². The zero-order valence-corrected chi connectivity index (χ0v) is 11.8. The summed E-state index contributed by atoms with van der Waals surface area (Å²) in [5.41, 5.74) is 5.43. The molecule has 0 atom stereocenters. The number of sulfonamides is 1. The van der Waals surface area contributed by atoms with E-state index in [0.29, 0.717) is 25.6 Å². The van der Waals surface area contributed by atoms with Crippen LogP contribution in [0, 0.1) is 11.8 Å². The van der Waals surface area contributed by atoms with Gasteiger partial charge in [-0.1, -0.05) is 27.7 Å². The normalized spacial score (nSPS) is 13.0. The van der Waals surface area contributed by atoms with Crippen LogP contribution in [0.15, 0.2) is 0 Å². The Kier molecular flexibility index (Phi) is 7.19. The SMILES string of the molecule is CC(C)CN(CCCN)S(=O)(=O)CC(C)C. The fourth-order valence-corrected chi connectivity index (χ4v) is 3.53. The second-order valence-corrected chi connectivity index (χ2v) is 7.08. The van der Waals surface area contributed by atoms with Crippen molar-refractivity contribution >= 4 is 10.0 Å². The number of hydrogen-bond donors (Lipinski definition) is 1. The molecule has 5 heteroatoms. The lowest BCUT2D eigenvalue weighted by Crippen LogP contribution is -2.38. The molecule has 2 N–H and O–H groups in total. The van der Waals surface area contributed by atoms with E-state index >= 15 is 0 Å². The summed E-state index contributed by atoms with van der Waals surface area (Å²) in [7, 11) is -3.11. The molecule has 0 aliphatic rings. The summed E-state index contributed by atoms with van der Waals surface area (Å²) in [6.45, 7) is 9.58. The summed E-state index contributed by atoms with van der Waals surface area (Å²) >= 11 is 0. The molecule has 0 radical (unpaired) electrons. The lowest BCUT2D eigenvalue weighted by Gasteiger charge is -2.24. The second-order valence-electron chi connectivity index (χ2n) is 5.07. The molecule has 0 amide bonds. The van der Waals surface area contributed by atoms with Crippen molar-refractivity contribution in [3.63, 3.8) is 0 Å². The molecule has 0 saturated heterocycles. The first-order valence-corrected chi connectivity index (χ1v) is 7.58. The van der Waals surface area contributed by atoms with Crippen molar-refractivity contribution in [1.82, 2.24) is 4.31 Å². The standard InChI is InChI=1S/C11H26N2O2S/c1-10(2)8-13(7-5-6-12)16(14,15)9-11(3)4/h10-11H,5-9,12H2,1-4H3. The molecule has 0 aromatic heterocycles. The van der Waals surface area contributed by atoms with Crippen molar-refractivity contribution < 1.29 is 8.42 Å². The van der Waals surface area contributed by atoms with Crippen LogP contribution in [0.4, 0.5) is 0 Å². The molecule has 98 valence electrons. The van der Waals surface area contributed by atoms with Gasteiger partial charge in [0.2, 0.25) is 10.0 Å². The maximum Gasteiger partial charge on any atom is 0.214 e. The second kappa shape index (κ2) is 7.25. The molecule has 0 aromatic rings. The molecule has 0 spiro atoms. The van der Waals surface area contributed by atoms with Crippen molar-refractivity contribution in [3.05, 3.63) is 0 Å². The van der Waals surface area contributed by atoms with Crippen LogP contribution >= 0.6 is 0 Å². The third-order valence-corrected chi connectivity index (χ3v) is 4.32. The van der Waals surface area contributed by atoms with Gasteiger partial charge < -0.3 is 5.73 Å². The van der Waals surface area contributed by atoms with E-state index in [0.717, 1.165) is 6.42 Å². The first kappa shape index (κ1) is 15.9. The average Bonchev–Trinajstić information content (AvgIpc) is 2.09. The summed E-state index contributed by atoms with van der Waals surface area (Å²) in [5.74, 6) is 0.738. The smallest absolute Gasteiger partial charge is 0.214 e. The Morgan fingerprint density at radius 2 is 1.69 bits per heavy atom. The van der Waals surface area contributed by atoms with Crippen LogP contribution in [0.1, 0.15) is 34.1 Å². The van der Waals surface area contributed by atoms with E-state index in [2.05, 4.69) is 0 Å². The van der Waals surface area contributed by atoms with Crippen molar-refractivity contribution in [1.29, 1.82) is 0 Å². The molecule has 16 heavy (non-hydrogen) atoms. The van der Waals surface area contributed by atoms with Gasteiger partial charge in [-0.05, 0) is 24.8 Å². The molecule has 0 bridgehead atoms. The number of nitrogens with two attached hydrogens (primary N) is 1. The minimum absolute atomic E-state index is 0.164. The highest BCUT2D eigenvalue weighted by atomic mass is 32.2. The molecule has 0 unspecified atom stereocenters. The van der Waals surface area contributed by atoms with Crippen LogP contribution in [0.3, 0.4) is 0 Å². The van der Waals surface area contributed by atoms with Crippen molar-refractivity contribution in [2.75, 3.05) is 25.4 Å². The van der Waals surface area contributed by atoms with Crippen LogP contribution in [0.5, 0.6) is 0 Å². The van der Waals surface area contributed by atoms with Gasteiger partial charge >= 0.3 is 0 Å². The summed E-state index contributed by atoms with van der Waals surface area (Å²) in [5, 5.41) is 0. The summed E-state index contributed by atoms with van der Waals surface area (Å²) in [4.78, 5) is 0. The van der Waals surface area contributed by atoms with Gasteiger partial charge in [0.05, 0.1) is 5.75 Å². The Hall–Kier alpha value is -0.130. The Morgan fingerprint density at radius 1 is 1.12 bits per heavy atom. The largest absolute Gasteiger partial charge is 0.330 e. The third-order valence-electron chi connectivity index (χ3n) is 2.12. The van der Waals surface area contributed by atoms with Crippen LogP contribution in [0.2, 0.25) is 0 Å². The van der Waals surface area contributed by atoms with E-state index in [1.807, 2.05) is 27.7 Å². The highest BCUT2D eigenvalue weighted by Gasteiger charge is 2.23. The van der Waals surface area contributed by atoms with Gasteiger partial charge in [-0.25, -0.2) is 12.7 Å². The van der Waals surface area contributed by atoms with E-state index in [-0.39, 0.29) is 11.7 Å². The zero-order chi connectivity index (χ0) is 12.8. The van der Waals surface area contributed by atoms with Gasteiger partial charge in [-0.15, -0.1) is 0 Å². The van der Waals surface area contributed by atoms with E-state index in [1.54, 1.807) is 4.31 Å². The molecule has 0 fully saturated rings. The van der Waals surface area contributed by atoms with Crippen molar-refractivity contribution in [3.8, 4) is 0 Å². The quantitative estimate of drug-likeness (QED) is 0.706. The summed E-state index contributed by atoms with van der Waals surface area (Å²) < 4.78 is 25.7. The number of hydrogen-bond acceptors (Lipinski definition) is 3. The zero-order valence-electron chi connectivity index (χ0n) is 10.9. The van der Waals surface area contributed by atoms with Crippen LogP contribution in [0.25, 0.3) is 0 Å². The predicted octanol–water partition coefficient (Wildman–Crippen LogP) is 1.28. The highest BCUT2D eigenvalue weighted by molar-refractivity contribution is 7.89. The van der Waals surface area contributed by atoms with Gasteiger partial charge in [0.25, 0.3) is 0 Å². The van der Waals surface area contributed by atoms with Gasteiger partial charge in [0.1, 0.15) is 0 Å². The monoisotopic (exact) mass is 250 g/mol. The van der Waals surface area contributed by atoms with Crippen LogP contribution in [-0.4, -0.2) is 38.1 Å². The maximum absolute atomic E-state index is 12.1. The Bertz CT molecular complexity index is 274. The minimum Gasteiger partial charge on any atom is -0.330 e. The average molecular weight is 250 g/mol. The van der Waals surface area contributed by atoms with Gasteiger partial charge in [-0.2, -0.15) is 0 Å². The molecular weight excluding hydrogens is 224 g/mol. The van der Waals surface area contributed by atoms with Crippen molar-refractivity contribution in [2.24, 2.45) is 17.6 Å². The number of rotatable bonds is 8. The Morgan fingerprint density at radius 3 is 2.06 bits per heavy atom. The molecule has 0 aliphatic carbocycles. The molecule has 0 rings (SSSR count). The van der Waals surface area contributed by atoms with E-state index in [9.17, 15) is 8.42 Å². The van der Waals surface area contributed by atoms with E-state index < -0.39 is 10.0 Å². The Balaban J connectivity index is 4.59. The first-order valence-electron chi connectivity index (χ1n) is 5.97. The number of nitrogens with zero attached hydrogens (tertiary/aromatic N) is 1. The molecule has 0 saturated carbocycles. The van der Waals surface area contributed by atoms with Gasteiger partial charge in [-0.3, -0.25) is 0 Å². The lowest BCUT2D eigenvalue weighted by atomic mass is 10.2. The van der Waals surface area contributed by atoms with Crippen LogP contribution in [-0.2, 0) is 10.0 Å². The van der Waals surface area contributed by atoms with Crippen LogP contribution < -0.4 is 5.73 Å². The summed E-state index contributed by atoms with van der Waals surface area (Å²) in [6, 6.07) is 0.